The Bertz CT molecular complexity index is 1320. The Morgan fingerprint density at radius 2 is 1.48 bits per heavy atom. The summed E-state index contributed by atoms with van der Waals surface area (Å²) in [5.74, 6) is 5.43. The van der Waals surface area contributed by atoms with Crippen LogP contribution in [0.4, 0.5) is 0 Å². The summed E-state index contributed by atoms with van der Waals surface area (Å²) in [4.78, 5) is 0. The molecule has 0 aliphatic heterocycles. The third kappa shape index (κ3) is 6.66. The molecule has 1 unspecified atom stereocenters. The molecule has 0 aromatic heterocycles. The number of benzene rings is 2. The van der Waals surface area contributed by atoms with Gasteiger partial charge in [-0.3, -0.25) is 0 Å². The van der Waals surface area contributed by atoms with E-state index in [1.54, 1.807) is 5.57 Å². The van der Waals surface area contributed by atoms with Gasteiger partial charge >= 0.3 is 209 Å². The van der Waals surface area contributed by atoms with E-state index in [9.17, 15) is 0 Å². The molecule has 0 bridgehead atoms. The van der Waals surface area contributed by atoms with Crippen molar-refractivity contribution in [2.75, 3.05) is 6.61 Å². The van der Waals surface area contributed by atoms with Crippen LogP contribution in [0.3, 0.4) is 0 Å². The quantitative estimate of drug-likeness (QED) is 0.121. The van der Waals surface area contributed by atoms with E-state index in [2.05, 4.69) is 123 Å². The normalized spacial score (nSPS) is 33.9. The molecule has 2 aromatic rings. The number of ether oxygens (including phenoxy) is 1. The van der Waals surface area contributed by atoms with Gasteiger partial charge < -0.3 is 0 Å². The first-order chi connectivity index (χ1) is 22.1. The molecule has 0 amide bonds. The summed E-state index contributed by atoms with van der Waals surface area (Å²) in [6.45, 7) is 16.1. The van der Waals surface area contributed by atoms with Gasteiger partial charge in [-0.05, 0) is 36.0 Å². The number of fused-ring (bicyclic) bond motifs is 5. The minimum absolute atomic E-state index is 0.395. The minimum atomic E-state index is -1.58. The van der Waals surface area contributed by atoms with Crippen LogP contribution in [0.5, 0.6) is 0 Å². The molecule has 3 saturated carbocycles. The molecule has 1 nitrogen and oxygen atoms in total. The zero-order valence-electron chi connectivity index (χ0n) is 30.0. The molecule has 4 aliphatic carbocycles. The summed E-state index contributed by atoms with van der Waals surface area (Å²) in [6, 6.07) is 22.5. The first-order valence-electron chi connectivity index (χ1n) is 19.1. The topological polar surface area (TPSA) is 9.23 Å². The van der Waals surface area contributed by atoms with E-state index >= 15 is 0 Å². The van der Waals surface area contributed by atoms with Crippen LogP contribution in [0.2, 0.25) is 0 Å². The second kappa shape index (κ2) is 14.5. The van der Waals surface area contributed by atoms with Crippen LogP contribution in [-0.4, -0.2) is 33.5 Å². The van der Waals surface area contributed by atoms with Crippen LogP contribution in [0.25, 0.3) is 0 Å². The van der Waals surface area contributed by atoms with Gasteiger partial charge in [-0.25, -0.2) is 0 Å². The molecule has 3 fully saturated rings. The van der Waals surface area contributed by atoms with Crippen molar-refractivity contribution in [3.8, 4) is 0 Å². The number of hydrogen-bond donors (Lipinski definition) is 0. The standard InChI is InChI=1S/C43H64OPSe/c1-31(2)14-13-15-32(3)39-22-23-40-38-21-20-34-30-35(24-27-42(34,5)41(38)25-28-43(39,40)6)44-29-26-33(4)45(46,36-16-9-7-10-17-36)37-18-11-8-12-19-37/h7-12,16-20,31-33,35,38-41,46H,13-15,21-30H2,1-6H3/t32-,33?,35+,38+,39-,40+,41+,42+,43-/m1/s1. The van der Waals surface area contributed by atoms with E-state index in [0.717, 1.165) is 48.5 Å². The summed E-state index contributed by atoms with van der Waals surface area (Å²) >= 11 is 3.16. The van der Waals surface area contributed by atoms with Crippen LogP contribution in [0.1, 0.15) is 119 Å². The fourth-order valence-corrected chi connectivity index (χ4v) is 16.8. The first kappa shape index (κ1) is 34.9. The average molecular weight is 707 g/mol. The minimum Gasteiger partial charge on any atom is -0.0591 e. The third-order valence-electron chi connectivity index (χ3n) is 14.1. The van der Waals surface area contributed by atoms with Crippen molar-refractivity contribution in [1.29, 1.82) is 0 Å². The van der Waals surface area contributed by atoms with Crippen LogP contribution in [-0.2, 0) is 4.74 Å². The van der Waals surface area contributed by atoms with Crippen LogP contribution in [0.15, 0.2) is 72.3 Å². The molecule has 46 heavy (non-hydrogen) atoms. The van der Waals surface area contributed by atoms with Crippen molar-refractivity contribution < 1.29 is 4.74 Å². The zero-order chi connectivity index (χ0) is 32.5. The monoisotopic (exact) mass is 707 g/mol. The summed E-state index contributed by atoms with van der Waals surface area (Å²) in [5, 5.41) is 2.98. The van der Waals surface area contributed by atoms with Gasteiger partial charge in [0.2, 0.25) is 0 Å². The summed E-state index contributed by atoms with van der Waals surface area (Å²) in [6.07, 6.45) is 19.5. The smallest absolute Gasteiger partial charge is 0.0591 e. The van der Waals surface area contributed by atoms with Crippen LogP contribution >= 0.6 is 5.51 Å². The number of allylic oxidation sites excluding steroid dienone is 1. The zero-order valence-corrected chi connectivity index (χ0v) is 32.7. The van der Waals surface area contributed by atoms with Crippen molar-refractivity contribution in [3.63, 3.8) is 0 Å². The second-order valence-electron chi connectivity index (χ2n) is 17.0. The maximum absolute atomic E-state index is 6.79. The number of rotatable bonds is 12. The van der Waals surface area contributed by atoms with Gasteiger partial charge in [0.05, 0.1) is 0 Å². The Balaban J connectivity index is 1.07. The van der Waals surface area contributed by atoms with E-state index < -0.39 is 5.51 Å². The number of hydrogen-bond acceptors (Lipinski definition) is 1. The van der Waals surface area contributed by atoms with Gasteiger partial charge in [0.1, 0.15) is 0 Å². The molecule has 0 N–H and O–H groups in total. The summed E-state index contributed by atoms with van der Waals surface area (Å²) in [5.41, 5.74) is 1.73. The van der Waals surface area contributed by atoms with Crippen LogP contribution in [0, 0.1) is 46.3 Å². The molecule has 1 radical (unpaired) electrons. The molecule has 2 aromatic carbocycles. The van der Waals surface area contributed by atoms with Crippen molar-refractivity contribution in [3.05, 3.63) is 72.3 Å². The van der Waals surface area contributed by atoms with Gasteiger partial charge in [0.15, 0.2) is 0 Å². The van der Waals surface area contributed by atoms with Gasteiger partial charge in [-0.2, -0.15) is 0 Å². The van der Waals surface area contributed by atoms with E-state index in [0.29, 0.717) is 22.6 Å². The Morgan fingerprint density at radius 1 is 0.804 bits per heavy atom. The van der Waals surface area contributed by atoms with E-state index in [-0.39, 0.29) is 0 Å². The Labute approximate surface area is 290 Å². The Morgan fingerprint density at radius 3 is 2.13 bits per heavy atom. The molecular weight excluding hydrogens is 642 g/mol. The van der Waals surface area contributed by atoms with Crippen molar-refractivity contribution in [1.82, 2.24) is 0 Å². The SMILES string of the molecule is CC(C)CCC[C@@H](C)[C@H]1CC[C@H]2[C@@H]3CC=C4C[C@@H](OCCC(C)P(=[SeH])(c5ccccc5)c5ccccc5)CC[C@]4(C)[C@H]3CC[C@]12C. The molecule has 9 atom stereocenters. The predicted octanol–water partition coefficient (Wildman–Crippen LogP) is 10.7. The van der Waals surface area contributed by atoms with Gasteiger partial charge in [0.25, 0.3) is 0 Å². The Hall–Kier alpha value is -0.911. The molecule has 253 valence electrons. The summed E-state index contributed by atoms with van der Waals surface area (Å²) in [7, 11) is 0. The Kier molecular flexibility index (Phi) is 11.0. The molecule has 4 aliphatic rings. The van der Waals surface area contributed by atoms with Gasteiger partial charge in [0, 0.05) is 0 Å². The summed E-state index contributed by atoms with van der Waals surface area (Å²) < 4.78 is 6.79. The molecular formula is C43H64OPSe. The molecule has 0 saturated heterocycles. The molecule has 6 rings (SSSR count). The molecule has 3 heteroatoms. The second-order valence-corrected chi connectivity index (χ2v) is 24.3. The molecule has 0 heterocycles. The van der Waals surface area contributed by atoms with E-state index in [1.807, 2.05) is 0 Å². The fraction of sp³-hybridized carbons (Fsp3) is 0.674. The predicted molar refractivity (Wildman–Crippen MR) is 203 cm³/mol. The van der Waals surface area contributed by atoms with E-state index in [1.165, 1.54) is 81.2 Å². The van der Waals surface area contributed by atoms with Gasteiger partial charge in [-0.1, -0.05) is 47.0 Å². The average Bonchev–Trinajstić information content (AvgIpc) is 3.42. The fourth-order valence-electron chi connectivity index (χ4n) is 11.4. The molecule has 0 spiro atoms. The van der Waals surface area contributed by atoms with Crippen molar-refractivity contribution in [2.24, 2.45) is 46.3 Å². The van der Waals surface area contributed by atoms with Crippen molar-refractivity contribution >= 4 is 31.2 Å². The van der Waals surface area contributed by atoms with E-state index in [4.69, 9.17) is 4.74 Å². The van der Waals surface area contributed by atoms with Gasteiger partial charge in [-0.15, -0.1) is 0 Å². The van der Waals surface area contributed by atoms with Crippen LogP contribution < -0.4 is 10.6 Å². The third-order valence-corrected chi connectivity index (χ3v) is 23.2. The maximum atomic E-state index is 6.79. The van der Waals surface area contributed by atoms with Crippen molar-refractivity contribution in [2.45, 2.75) is 130 Å². The first-order valence-corrected chi connectivity index (χ1v) is 23.4.